The van der Waals surface area contributed by atoms with Crippen LogP contribution in [0.25, 0.3) is 0 Å². The van der Waals surface area contributed by atoms with Gasteiger partial charge in [0.15, 0.2) is 0 Å². The number of methoxy groups -OCH3 is 1. The Morgan fingerprint density at radius 1 is 1.23 bits per heavy atom. The van der Waals surface area contributed by atoms with Crippen LogP contribution in [0.5, 0.6) is 0 Å². The molecule has 2 heterocycles. The number of nitrogens with zero attached hydrogens (tertiary/aromatic N) is 3. The lowest BCUT2D eigenvalue weighted by molar-refractivity contribution is -0.131. The molecule has 1 aliphatic heterocycles. The molecule has 0 bridgehead atoms. The summed E-state index contributed by atoms with van der Waals surface area (Å²) in [6, 6.07) is 4.21. The number of aryl methyl sites for hydroxylation is 1. The summed E-state index contributed by atoms with van der Waals surface area (Å²) >= 11 is 3.85. The molecule has 1 saturated heterocycles. The number of hydrogen-bond donors (Lipinski definition) is 1. The minimum Gasteiger partial charge on any atom is -0.378 e. The molecule has 0 spiro atoms. The first-order valence-corrected chi connectivity index (χ1v) is 14.0. The number of pyridine rings is 1. The van der Waals surface area contributed by atoms with Crippen molar-refractivity contribution >= 4 is 40.4 Å². The molecule has 1 aliphatic rings. The van der Waals surface area contributed by atoms with E-state index in [0.717, 1.165) is 69.8 Å². The molecule has 0 saturated carbocycles. The molecule has 0 aromatic carbocycles. The van der Waals surface area contributed by atoms with Crippen molar-refractivity contribution in [2.45, 2.75) is 57.5 Å². The molecule has 1 aromatic rings. The molecule has 1 fully saturated rings. The molecule has 9 heteroatoms. The Balaban J connectivity index is 1.76. The number of rotatable bonds is 13. The second kappa shape index (κ2) is 15.4. The van der Waals surface area contributed by atoms with Gasteiger partial charge in [0, 0.05) is 38.4 Å². The first-order valence-electron chi connectivity index (χ1n) is 11.0. The summed E-state index contributed by atoms with van der Waals surface area (Å²) in [5, 5.41) is 0.528. The summed E-state index contributed by atoms with van der Waals surface area (Å²) < 4.78 is 10.2. The predicted molar refractivity (Wildman–Crippen MR) is 134 cm³/mol. The minimum atomic E-state index is 0.316. The molecule has 1 atom stereocenters. The largest absolute Gasteiger partial charge is 0.378 e. The van der Waals surface area contributed by atoms with Gasteiger partial charge in [0.1, 0.15) is 6.61 Å². The minimum absolute atomic E-state index is 0.316. The second-order valence-electron chi connectivity index (χ2n) is 7.96. The lowest BCUT2D eigenvalue weighted by atomic mass is 10.1. The number of ether oxygens (including phenoxy) is 1. The molecule has 0 radical (unpaired) electrons. The van der Waals surface area contributed by atoms with Gasteiger partial charge in [-0.2, -0.15) is 0 Å². The van der Waals surface area contributed by atoms with E-state index in [1.807, 2.05) is 10.8 Å². The summed E-state index contributed by atoms with van der Waals surface area (Å²) in [4.78, 5) is 21.7. The van der Waals surface area contributed by atoms with E-state index in [-0.39, 0.29) is 0 Å². The Labute approximate surface area is 201 Å². The van der Waals surface area contributed by atoms with Gasteiger partial charge in [0.05, 0.1) is 18.0 Å². The van der Waals surface area contributed by atoms with E-state index in [4.69, 9.17) is 8.92 Å². The van der Waals surface area contributed by atoms with Gasteiger partial charge in [-0.1, -0.05) is 28.5 Å². The maximum atomic E-state index is 12.6. The zero-order chi connectivity index (χ0) is 22.5. The Hall–Kier alpha value is -0.450. The van der Waals surface area contributed by atoms with Crippen LogP contribution in [0.3, 0.4) is 0 Å². The van der Waals surface area contributed by atoms with Crippen molar-refractivity contribution in [3.05, 3.63) is 29.1 Å². The first-order chi connectivity index (χ1) is 15.0. The molecule has 176 valence electrons. The van der Waals surface area contributed by atoms with Gasteiger partial charge in [0.25, 0.3) is 0 Å². The maximum absolute atomic E-state index is 12.6. The quantitative estimate of drug-likeness (QED) is 0.254. The van der Waals surface area contributed by atoms with Gasteiger partial charge in [-0.05, 0) is 75.6 Å². The Morgan fingerprint density at radius 2 is 2.00 bits per heavy atom. The van der Waals surface area contributed by atoms with Gasteiger partial charge in [-0.25, -0.2) is 0 Å². The van der Waals surface area contributed by atoms with E-state index in [2.05, 4.69) is 53.0 Å². The highest BCUT2D eigenvalue weighted by atomic mass is 33.1. The first kappa shape index (κ1) is 26.8. The van der Waals surface area contributed by atoms with E-state index in [1.165, 1.54) is 5.56 Å². The predicted octanol–water partition coefficient (Wildman–Crippen LogP) is 4.24. The second-order valence-corrected chi connectivity index (χ2v) is 11.1. The fraction of sp³-hybridized carbons (Fsp3) is 0.727. The molecule has 0 N–H and O–H groups in total. The summed E-state index contributed by atoms with van der Waals surface area (Å²) in [5.74, 6) is 0.316. The van der Waals surface area contributed by atoms with Crippen LogP contribution in [0, 0.1) is 0 Å². The van der Waals surface area contributed by atoms with Crippen LogP contribution in [0.2, 0.25) is 0 Å². The van der Waals surface area contributed by atoms with E-state index >= 15 is 0 Å². The zero-order valence-corrected chi connectivity index (χ0v) is 21.6. The molecular formula is C22H37N3O3S3. The van der Waals surface area contributed by atoms with Crippen molar-refractivity contribution in [2.75, 3.05) is 46.1 Å². The van der Waals surface area contributed by atoms with Crippen molar-refractivity contribution in [3.8, 4) is 0 Å². The third-order valence-electron chi connectivity index (χ3n) is 5.40. The fourth-order valence-corrected chi connectivity index (χ4v) is 5.82. The summed E-state index contributed by atoms with van der Waals surface area (Å²) in [7, 11) is 5.31. The van der Waals surface area contributed by atoms with E-state index in [1.54, 1.807) is 17.9 Å². The van der Waals surface area contributed by atoms with Crippen LogP contribution < -0.4 is 0 Å². The topological polar surface area (TPSA) is 54.9 Å². The van der Waals surface area contributed by atoms with Crippen LogP contribution in [-0.2, 0) is 33.3 Å². The van der Waals surface area contributed by atoms with Crippen LogP contribution >= 0.6 is 34.5 Å². The fourth-order valence-electron chi connectivity index (χ4n) is 3.87. The van der Waals surface area contributed by atoms with Gasteiger partial charge >= 0.3 is 0 Å². The zero-order valence-electron chi connectivity index (χ0n) is 19.0. The van der Waals surface area contributed by atoms with E-state index in [0.29, 0.717) is 30.8 Å². The smallest absolute Gasteiger partial charge is 0.222 e. The van der Waals surface area contributed by atoms with E-state index < -0.39 is 0 Å². The SMILES string of the molecule is COCc1cc(CCCN2CCCN(C(=O)CCC(C)SSC)CC2)cc(COS)n1. The highest BCUT2D eigenvalue weighted by Crippen LogP contribution is 2.26. The Bertz CT molecular complexity index is 642. The maximum Gasteiger partial charge on any atom is 0.222 e. The molecule has 1 unspecified atom stereocenters. The normalized spacial score (nSPS) is 16.3. The molecule has 2 rings (SSSR count). The van der Waals surface area contributed by atoms with Crippen LogP contribution in [0.15, 0.2) is 12.1 Å². The average molecular weight is 488 g/mol. The third kappa shape index (κ3) is 10.4. The van der Waals surface area contributed by atoms with Crippen molar-refractivity contribution in [2.24, 2.45) is 0 Å². The van der Waals surface area contributed by atoms with Crippen LogP contribution in [-0.4, -0.2) is 72.0 Å². The molecule has 1 amide bonds. The van der Waals surface area contributed by atoms with Crippen LogP contribution in [0.1, 0.15) is 49.6 Å². The molecule has 1 aromatic heterocycles. The highest BCUT2D eigenvalue weighted by Gasteiger charge is 2.19. The van der Waals surface area contributed by atoms with Crippen molar-refractivity contribution in [1.29, 1.82) is 0 Å². The number of hydrogen-bond acceptors (Lipinski definition) is 8. The average Bonchev–Trinajstić information content (AvgIpc) is 2.98. The van der Waals surface area contributed by atoms with Crippen LogP contribution in [0.4, 0.5) is 0 Å². The highest BCUT2D eigenvalue weighted by molar-refractivity contribution is 8.76. The lowest BCUT2D eigenvalue weighted by Gasteiger charge is -2.22. The van der Waals surface area contributed by atoms with Gasteiger partial charge < -0.3 is 18.7 Å². The summed E-state index contributed by atoms with van der Waals surface area (Å²) in [6.07, 6.45) is 6.84. The molecule has 0 aliphatic carbocycles. The molecular weight excluding hydrogens is 450 g/mol. The molecule has 31 heavy (non-hydrogen) atoms. The lowest BCUT2D eigenvalue weighted by Crippen LogP contribution is -2.35. The number of aromatic nitrogens is 1. The summed E-state index contributed by atoms with van der Waals surface area (Å²) in [6.45, 7) is 7.89. The van der Waals surface area contributed by atoms with Crippen molar-refractivity contribution < 1.29 is 13.7 Å². The molecule has 6 nitrogen and oxygen atoms in total. The van der Waals surface area contributed by atoms with E-state index in [9.17, 15) is 4.79 Å². The van der Waals surface area contributed by atoms with Crippen molar-refractivity contribution in [1.82, 2.24) is 14.8 Å². The standard InChI is InChI=1S/C22H37N3O3S3/c1-18(31-30-3)7-8-22(26)25-11-5-10-24(12-13-25)9-4-6-19-14-20(16-27-2)23-21(15-19)17-28-29/h14-15,18,29H,4-13,16-17H2,1-3H3. The third-order valence-corrected chi connectivity index (χ3v) is 7.85. The van der Waals surface area contributed by atoms with Gasteiger partial charge in [-0.15, -0.1) is 0 Å². The van der Waals surface area contributed by atoms with Crippen molar-refractivity contribution in [3.63, 3.8) is 0 Å². The monoisotopic (exact) mass is 487 g/mol. The number of amides is 1. The number of thiol groups is 1. The summed E-state index contributed by atoms with van der Waals surface area (Å²) in [5.41, 5.74) is 3.06. The Morgan fingerprint density at radius 3 is 2.71 bits per heavy atom. The number of carbonyl (C=O) groups is 1. The number of carbonyl (C=O) groups excluding carboxylic acids is 1. The van der Waals surface area contributed by atoms with Gasteiger partial charge in [-0.3, -0.25) is 9.78 Å². The Kier molecular flexibility index (Phi) is 13.3. The van der Waals surface area contributed by atoms with Gasteiger partial charge in [0.2, 0.25) is 5.91 Å².